The first-order valence-corrected chi connectivity index (χ1v) is 15.3. The van der Waals surface area contributed by atoms with Gasteiger partial charge in [-0.25, -0.2) is 8.42 Å². The molecule has 0 spiro atoms. The van der Waals surface area contributed by atoms with Crippen LogP contribution < -0.4 is 14.4 Å². The number of carbonyl (C=O) groups is 2. The van der Waals surface area contributed by atoms with Crippen LogP contribution in [0.15, 0.2) is 71.6 Å². The van der Waals surface area contributed by atoms with E-state index in [2.05, 4.69) is 5.32 Å². The van der Waals surface area contributed by atoms with Gasteiger partial charge in [-0.05, 0) is 69.2 Å². The van der Waals surface area contributed by atoms with E-state index < -0.39 is 28.5 Å². The standard InChI is InChI=1S/C30H35Cl2N3O5S/c1-6-21(3)33-30(37)22(4)34(18-23-13-16-25(31)26(32)17-23)29(36)19-35(27-9-7-8-10-28(27)40-5)41(38,39)24-14-11-20(2)12-15-24/h7-17,21-22H,6,18-19H2,1-5H3,(H,33,37)/t21-,22-/m0/s1. The van der Waals surface area contributed by atoms with Gasteiger partial charge in [0.2, 0.25) is 11.8 Å². The molecule has 41 heavy (non-hydrogen) atoms. The molecule has 2 amide bonds. The fourth-order valence-corrected chi connectivity index (χ4v) is 5.81. The van der Waals surface area contributed by atoms with Crippen molar-refractivity contribution in [2.45, 2.75) is 57.6 Å². The maximum absolute atomic E-state index is 14.1. The predicted molar refractivity (Wildman–Crippen MR) is 163 cm³/mol. The summed E-state index contributed by atoms with van der Waals surface area (Å²) in [5.41, 5.74) is 1.70. The van der Waals surface area contributed by atoms with E-state index in [-0.39, 0.29) is 34.8 Å². The summed E-state index contributed by atoms with van der Waals surface area (Å²) < 4.78 is 34.4. The molecule has 3 aromatic carbocycles. The number of hydrogen-bond acceptors (Lipinski definition) is 5. The number of benzene rings is 3. The topological polar surface area (TPSA) is 96.0 Å². The SMILES string of the molecule is CC[C@H](C)NC(=O)[C@H](C)N(Cc1ccc(Cl)c(Cl)c1)C(=O)CN(c1ccccc1OC)S(=O)(=O)c1ccc(C)cc1. The van der Waals surface area contributed by atoms with Crippen LogP contribution in [0, 0.1) is 6.92 Å². The number of para-hydroxylation sites is 2. The summed E-state index contributed by atoms with van der Waals surface area (Å²) in [6.07, 6.45) is 0.704. The normalized spacial score (nSPS) is 12.8. The van der Waals surface area contributed by atoms with Crippen LogP contribution in [-0.2, 0) is 26.2 Å². The maximum Gasteiger partial charge on any atom is 0.264 e. The Morgan fingerprint density at radius 1 is 0.976 bits per heavy atom. The highest BCUT2D eigenvalue weighted by molar-refractivity contribution is 7.92. The maximum atomic E-state index is 14.1. The number of carbonyl (C=O) groups excluding carboxylic acids is 2. The van der Waals surface area contributed by atoms with E-state index in [4.69, 9.17) is 27.9 Å². The number of aryl methyl sites for hydroxylation is 1. The molecule has 0 aliphatic rings. The van der Waals surface area contributed by atoms with Gasteiger partial charge >= 0.3 is 0 Å². The van der Waals surface area contributed by atoms with Gasteiger partial charge in [0.05, 0.1) is 27.7 Å². The van der Waals surface area contributed by atoms with Gasteiger partial charge in [0, 0.05) is 12.6 Å². The van der Waals surface area contributed by atoms with E-state index in [0.717, 1.165) is 9.87 Å². The molecule has 220 valence electrons. The van der Waals surface area contributed by atoms with Crippen molar-refractivity contribution in [2.75, 3.05) is 18.0 Å². The first kappa shape index (κ1) is 32.2. The van der Waals surface area contributed by atoms with Gasteiger partial charge in [-0.15, -0.1) is 0 Å². The highest BCUT2D eigenvalue weighted by Gasteiger charge is 2.34. The second-order valence-electron chi connectivity index (χ2n) is 9.76. The fourth-order valence-electron chi connectivity index (χ4n) is 4.07. The van der Waals surface area contributed by atoms with Crippen molar-refractivity contribution >= 4 is 50.7 Å². The first-order chi connectivity index (χ1) is 19.4. The number of anilines is 1. The Labute approximate surface area is 252 Å². The molecule has 0 aliphatic heterocycles. The average molecular weight is 621 g/mol. The molecule has 0 heterocycles. The molecule has 1 N–H and O–H groups in total. The molecule has 0 bridgehead atoms. The van der Waals surface area contributed by atoms with Gasteiger partial charge in [0.25, 0.3) is 10.0 Å². The smallest absolute Gasteiger partial charge is 0.264 e. The van der Waals surface area contributed by atoms with E-state index in [1.807, 2.05) is 20.8 Å². The number of rotatable bonds is 12. The number of methoxy groups -OCH3 is 1. The average Bonchev–Trinajstić information content (AvgIpc) is 2.95. The van der Waals surface area contributed by atoms with Crippen LogP contribution in [-0.4, -0.2) is 50.9 Å². The summed E-state index contributed by atoms with van der Waals surface area (Å²) in [5, 5.41) is 3.55. The zero-order valence-corrected chi connectivity index (χ0v) is 26.1. The lowest BCUT2D eigenvalue weighted by Gasteiger charge is -2.32. The molecule has 0 aromatic heterocycles. The second kappa shape index (κ2) is 14.1. The fraction of sp³-hybridized carbons (Fsp3) is 0.333. The van der Waals surface area contributed by atoms with Crippen LogP contribution in [0.1, 0.15) is 38.3 Å². The molecule has 0 radical (unpaired) electrons. The van der Waals surface area contributed by atoms with E-state index in [1.54, 1.807) is 61.5 Å². The Hall–Kier alpha value is -3.27. The van der Waals surface area contributed by atoms with Crippen molar-refractivity contribution in [1.82, 2.24) is 10.2 Å². The molecular formula is C30H35Cl2N3O5S. The number of halogens is 2. The van der Waals surface area contributed by atoms with Crippen molar-refractivity contribution in [3.05, 3.63) is 87.9 Å². The lowest BCUT2D eigenvalue weighted by Crippen LogP contribution is -2.52. The Morgan fingerprint density at radius 3 is 2.24 bits per heavy atom. The van der Waals surface area contributed by atoms with Crippen molar-refractivity contribution in [3.8, 4) is 5.75 Å². The number of sulfonamides is 1. The van der Waals surface area contributed by atoms with Crippen molar-refractivity contribution < 1.29 is 22.7 Å². The number of amides is 2. The van der Waals surface area contributed by atoms with Crippen LogP contribution in [0.5, 0.6) is 5.75 Å². The number of nitrogens with one attached hydrogen (secondary N) is 1. The predicted octanol–water partition coefficient (Wildman–Crippen LogP) is 5.84. The number of nitrogens with zero attached hydrogens (tertiary/aromatic N) is 2. The van der Waals surface area contributed by atoms with Crippen molar-refractivity contribution in [2.24, 2.45) is 0 Å². The third-order valence-corrected chi connectivity index (χ3v) is 9.26. The van der Waals surface area contributed by atoms with Crippen LogP contribution in [0.2, 0.25) is 10.0 Å². The van der Waals surface area contributed by atoms with Gasteiger partial charge in [-0.1, -0.05) is 66.0 Å². The van der Waals surface area contributed by atoms with E-state index in [0.29, 0.717) is 22.0 Å². The van der Waals surface area contributed by atoms with Gasteiger partial charge in [0.15, 0.2) is 0 Å². The lowest BCUT2D eigenvalue weighted by molar-refractivity contribution is -0.139. The molecule has 0 unspecified atom stereocenters. The summed E-state index contributed by atoms with van der Waals surface area (Å²) in [7, 11) is -2.79. The minimum absolute atomic E-state index is 0.00480. The summed E-state index contributed by atoms with van der Waals surface area (Å²) in [4.78, 5) is 28.6. The largest absolute Gasteiger partial charge is 0.495 e. The molecule has 3 rings (SSSR count). The van der Waals surface area contributed by atoms with Crippen LogP contribution in [0.4, 0.5) is 5.69 Å². The van der Waals surface area contributed by atoms with Crippen molar-refractivity contribution in [1.29, 1.82) is 0 Å². The molecule has 0 aliphatic carbocycles. The van der Waals surface area contributed by atoms with Gasteiger partial charge in [0.1, 0.15) is 18.3 Å². The zero-order chi connectivity index (χ0) is 30.3. The summed E-state index contributed by atoms with van der Waals surface area (Å²) >= 11 is 12.3. The van der Waals surface area contributed by atoms with Crippen LogP contribution in [0.25, 0.3) is 0 Å². The molecule has 0 saturated heterocycles. The molecule has 8 nitrogen and oxygen atoms in total. The quantitative estimate of drug-likeness (QED) is 0.275. The third kappa shape index (κ3) is 7.93. The first-order valence-electron chi connectivity index (χ1n) is 13.1. The second-order valence-corrected chi connectivity index (χ2v) is 12.4. The molecule has 0 fully saturated rings. The molecular weight excluding hydrogens is 585 g/mol. The minimum Gasteiger partial charge on any atom is -0.495 e. The van der Waals surface area contributed by atoms with Crippen molar-refractivity contribution in [3.63, 3.8) is 0 Å². The summed E-state index contributed by atoms with van der Waals surface area (Å²) in [5.74, 6) is -0.683. The number of hydrogen-bond donors (Lipinski definition) is 1. The molecule has 11 heteroatoms. The van der Waals surface area contributed by atoms with E-state index >= 15 is 0 Å². The highest BCUT2D eigenvalue weighted by atomic mass is 35.5. The number of ether oxygens (including phenoxy) is 1. The van der Waals surface area contributed by atoms with E-state index in [9.17, 15) is 18.0 Å². The Balaban J connectivity index is 2.08. The Kier molecular flexibility index (Phi) is 11.1. The molecule has 2 atom stereocenters. The molecule has 0 saturated carbocycles. The Bertz CT molecular complexity index is 1480. The molecule has 3 aromatic rings. The van der Waals surface area contributed by atoms with Crippen LogP contribution in [0.3, 0.4) is 0 Å². The lowest BCUT2D eigenvalue weighted by atomic mass is 10.1. The van der Waals surface area contributed by atoms with Gasteiger partial charge < -0.3 is 15.0 Å². The Morgan fingerprint density at radius 2 is 1.63 bits per heavy atom. The highest BCUT2D eigenvalue weighted by Crippen LogP contribution is 2.33. The summed E-state index contributed by atoms with van der Waals surface area (Å²) in [6, 6.07) is 16.8. The van der Waals surface area contributed by atoms with Crippen LogP contribution >= 0.6 is 23.2 Å². The zero-order valence-electron chi connectivity index (χ0n) is 23.7. The minimum atomic E-state index is -4.22. The third-order valence-electron chi connectivity index (χ3n) is 6.75. The van der Waals surface area contributed by atoms with Gasteiger partial charge in [-0.2, -0.15) is 0 Å². The van der Waals surface area contributed by atoms with Gasteiger partial charge in [-0.3, -0.25) is 13.9 Å². The monoisotopic (exact) mass is 619 g/mol. The van der Waals surface area contributed by atoms with E-state index in [1.165, 1.54) is 24.1 Å². The summed E-state index contributed by atoms with van der Waals surface area (Å²) in [6.45, 7) is 6.68.